The molecule has 0 aromatic rings. The monoisotopic (exact) mass is 184 g/mol. The van der Waals surface area contributed by atoms with Gasteiger partial charge in [-0.1, -0.05) is 5.59 Å². The lowest BCUT2D eigenvalue weighted by molar-refractivity contribution is 0.116. The number of carboxylic acid groups (broad SMARTS) is 1. The molecule has 0 atom stereocenters. The minimum Gasteiger partial charge on any atom is -0.473 e. The maximum atomic E-state index is 10.3. The molecule has 0 aromatic carbocycles. The van der Waals surface area contributed by atoms with Crippen molar-refractivity contribution in [3.63, 3.8) is 0 Å². The van der Waals surface area contributed by atoms with Crippen LogP contribution in [-0.2, 0) is 4.84 Å². The number of nitrogens with one attached hydrogen (secondary N) is 1. The van der Waals surface area contributed by atoms with E-state index in [2.05, 4.69) is 10.7 Å². The first-order valence-electron chi connectivity index (χ1n) is 1.90. The number of nitrogens with two attached hydrogens (primary N) is 1. The van der Waals surface area contributed by atoms with Gasteiger partial charge in [-0.25, -0.2) is 15.4 Å². The maximum absolute atomic E-state index is 10.3. The molecule has 10 heavy (non-hydrogen) atoms. The number of carbonyl (C=O) groups excluding carboxylic acids is 1. The van der Waals surface area contributed by atoms with E-state index in [-0.39, 0.29) is 0 Å². The molecule has 8 heteroatoms. The van der Waals surface area contributed by atoms with Gasteiger partial charge in [0.05, 0.1) is 0 Å². The van der Waals surface area contributed by atoms with Gasteiger partial charge >= 0.3 is 10.6 Å². The van der Waals surface area contributed by atoms with Crippen molar-refractivity contribution in [2.75, 3.05) is 0 Å². The zero-order chi connectivity index (χ0) is 7.98. The third-order valence-corrected chi connectivity index (χ3v) is 1.85. The molecule has 0 fully saturated rings. The van der Waals surface area contributed by atoms with Crippen molar-refractivity contribution in [1.29, 1.82) is 0 Å². The molecular formula is C2H4N2O4S2. The molecular weight excluding hydrogens is 180 g/mol. The van der Waals surface area contributed by atoms with Crippen molar-refractivity contribution in [3.05, 3.63) is 0 Å². The van der Waals surface area contributed by atoms with Crippen LogP contribution < -0.4 is 11.4 Å². The van der Waals surface area contributed by atoms with Crippen molar-refractivity contribution in [3.8, 4) is 0 Å². The Balaban J connectivity index is 3.30. The highest BCUT2D eigenvalue weighted by molar-refractivity contribution is 8.86. The van der Waals surface area contributed by atoms with E-state index < -0.39 is 10.6 Å². The van der Waals surface area contributed by atoms with Gasteiger partial charge < -0.3 is 9.94 Å². The zero-order valence-electron chi connectivity index (χ0n) is 4.57. The fourth-order valence-corrected chi connectivity index (χ4v) is 0.876. The Hall–Kier alpha value is -0.440. The van der Waals surface area contributed by atoms with Crippen LogP contribution in [0.3, 0.4) is 0 Å². The summed E-state index contributed by atoms with van der Waals surface area (Å²) in [6.45, 7) is 0. The highest BCUT2D eigenvalue weighted by Gasteiger charge is 2.07. The molecule has 0 spiro atoms. The first-order chi connectivity index (χ1) is 4.66. The Morgan fingerprint density at radius 1 is 1.50 bits per heavy atom. The van der Waals surface area contributed by atoms with Gasteiger partial charge in [-0.15, -0.1) is 0 Å². The van der Waals surface area contributed by atoms with Crippen LogP contribution in [0.1, 0.15) is 0 Å². The second kappa shape index (κ2) is 5.35. The lowest BCUT2D eigenvalue weighted by Gasteiger charge is -1.95. The van der Waals surface area contributed by atoms with E-state index in [0.29, 0.717) is 21.6 Å². The average Bonchev–Trinajstić information content (AvgIpc) is 1.85. The van der Waals surface area contributed by atoms with Gasteiger partial charge in [0.2, 0.25) is 0 Å². The number of carbonyl (C=O) groups is 2. The molecule has 58 valence electrons. The molecule has 0 unspecified atom stereocenters. The van der Waals surface area contributed by atoms with Crippen molar-refractivity contribution < 1.29 is 19.5 Å². The molecule has 0 aromatic heterocycles. The van der Waals surface area contributed by atoms with E-state index in [0.717, 1.165) is 0 Å². The van der Waals surface area contributed by atoms with Crippen molar-refractivity contribution in [1.82, 2.24) is 5.59 Å². The predicted molar refractivity (Wildman–Crippen MR) is 37.0 cm³/mol. The van der Waals surface area contributed by atoms with Gasteiger partial charge in [-0.3, -0.25) is 0 Å². The number of hydrazine groups is 1. The second-order valence-corrected chi connectivity index (χ2v) is 2.92. The van der Waals surface area contributed by atoms with Crippen molar-refractivity contribution in [2.24, 2.45) is 5.84 Å². The summed E-state index contributed by atoms with van der Waals surface area (Å²) >= 11 is 0. The van der Waals surface area contributed by atoms with E-state index in [1.54, 1.807) is 5.59 Å². The topological polar surface area (TPSA) is 102 Å². The van der Waals surface area contributed by atoms with Crippen LogP contribution in [-0.4, -0.2) is 15.7 Å². The van der Waals surface area contributed by atoms with Crippen LogP contribution >= 0.6 is 21.6 Å². The normalized spacial score (nSPS) is 8.90. The number of rotatable bonds is 1. The highest BCUT2D eigenvalue weighted by Crippen LogP contribution is 2.22. The predicted octanol–water partition coefficient (Wildman–Crippen LogP) is 0.561. The lowest BCUT2D eigenvalue weighted by atomic mass is 11.6. The second-order valence-electron chi connectivity index (χ2n) is 0.902. The Kier molecular flexibility index (Phi) is 5.12. The average molecular weight is 184 g/mol. The molecule has 0 saturated heterocycles. The first-order valence-corrected chi connectivity index (χ1v) is 4.05. The fourth-order valence-electron chi connectivity index (χ4n) is 0.135. The molecule has 0 rings (SSSR count). The SMILES string of the molecule is NNOC(=O)SSC(=O)O. The smallest absolute Gasteiger partial charge is 0.398 e. The van der Waals surface area contributed by atoms with Gasteiger partial charge in [-0.2, -0.15) is 0 Å². The lowest BCUT2D eigenvalue weighted by Crippen LogP contribution is -2.23. The summed E-state index contributed by atoms with van der Waals surface area (Å²) in [5.41, 5.74) is 1.61. The molecule has 0 radical (unpaired) electrons. The van der Waals surface area contributed by atoms with E-state index >= 15 is 0 Å². The van der Waals surface area contributed by atoms with Crippen LogP contribution in [0.25, 0.3) is 0 Å². The first kappa shape index (κ1) is 9.56. The molecule has 4 N–H and O–H groups in total. The third-order valence-electron chi connectivity index (χ3n) is 0.323. The van der Waals surface area contributed by atoms with Crippen molar-refractivity contribution >= 4 is 32.2 Å². The molecule has 0 amide bonds. The summed E-state index contributed by atoms with van der Waals surface area (Å²) in [6.07, 6.45) is 0. The number of hydrogen-bond donors (Lipinski definition) is 3. The highest BCUT2D eigenvalue weighted by atomic mass is 33.1. The minimum absolute atomic E-state index is 0.343. The summed E-state index contributed by atoms with van der Waals surface area (Å²) in [5, 5.41) is 6.04. The van der Waals surface area contributed by atoms with Crippen molar-refractivity contribution in [2.45, 2.75) is 0 Å². The van der Waals surface area contributed by atoms with Gasteiger partial charge in [0.15, 0.2) is 0 Å². The summed E-state index contributed by atoms with van der Waals surface area (Å²) in [6, 6.07) is 0. The molecule has 0 aliphatic heterocycles. The van der Waals surface area contributed by atoms with Crippen LogP contribution in [0, 0.1) is 0 Å². The maximum Gasteiger partial charge on any atom is 0.398 e. The quantitative estimate of drug-likeness (QED) is 0.308. The summed E-state index contributed by atoms with van der Waals surface area (Å²) in [5.74, 6) is 4.57. The molecule has 0 bridgehead atoms. The van der Waals surface area contributed by atoms with E-state index in [1.807, 2.05) is 0 Å². The molecule has 0 aliphatic carbocycles. The Morgan fingerprint density at radius 2 is 2.10 bits per heavy atom. The molecule has 6 nitrogen and oxygen atoms in total. The Bertz CT molecular complexity index is 139. The minimum atomic E-state index is -1.17. The zero-order valence-corrected chi connectivity index (χ0v) is 6.20. The largest absolute Gasteiger partial charge is 0.473 e. The summed E-state index contributed by atoms with van der Waals surface area (Å²) in [4.78, 5) is 24.0. The van der Waals surface area contributed by atoms with Crippen LogP contribution in [0.5, 0.6) is 0 Å². The Labute approximate surface area is 63.8 Å². The third kappa shape index (κ3) is 5.69. The van der Waals surface area contributed by atoms with Crippen LogP contribution in [0.2, 0.25) is 0 Å². The van der Waals surface area contributed by atoms with Gasteiger partial charge in [0, 0.05) is 21.6 Å². The molecule has 0 heterocycles. The standard InChI is InChI=1S/C2H4N2O4S2/c3-4-8-2(7)10-9-1(5)6/h4H,3H2,(H,5,6). The molecule has 0 aliphatic rings. The van der Waals surface area contributed by atoms with E-state index in [1.165, 1.54) is 0 Å². The Morgan fingerprint density at radius 3 is 2.50 bits per heavy atom. The fraction of sp³-hybridized carbons (Fsp3) is 0. The molecule has 0 saturated carbocycles. The number of hydrogen-bond acceptors (Lipinski definition) is 7. The van der Waals surface area contributed by atoms with Crippen LogP contribution in [0.4, 0.5) is 9.59 Å². The van der Waals surface area contributed by atoms with Crippen LogP contribution in [0.15, 0.2) is 0 Å². The summed E-state index contributed by atoms with van der Waals surface area (Å²) < 4.78 is 0. The van der Waals surface area contributed by atoms with Gasteiger partial charge in [0.1, 0.15) is 0 Å². The van der Waals surface area contributed by atoms with E-state index in [4.69, 9.17) is 5.11 Å². The summed E-state index contributed by atoms with van der Waals surface area (Å²) in [7, 11) is 0.765. The van der Waals surface area contributed by atoms with E-state index in [9.17, 15) is 9.59 Å². The van der Waals surface area contributed by atoms with Gasteiger partial charge in [-0.05, 0) is 0 Å². The van der Waals surface area contributed by atoms with Gasteiger partial charge in [0.25, 0.3) is 0 Å².